The summed E-state index contributed by atoms with van der Waals surface area (Å²) < 4.78 is 0. The third-order valence-electron chi connectivity index (χ3n) is 3.31. The maximum Gasteiger partial charge on any atom is 0.0411 e. The number of piperidine rings is 1. The molecule has 0 spiro atoms. The molecule has 0 aromatic heterocycles. The first-order valence-electron chi connectivity index (χ1n) is 5.64. The Balaban J connectivity index is 2.51. The van der Waals surface area contributed by atoms with Crippen LogP contribution in [-0.4, -0.2) is 42.0 Å². The summed E-state index contributed by atoms with van der Waals surface area (Å²) >= 11 is 0. The normalized spacial score (nSPS) is 23.9. The largest absolute Gasteiger partial charge is 0.374 e. The topological polar surface area (TPSA) is 6.48 Å². The number of hydrogen-bond donors (Lipinski definition) is 0. The van der Waals surface area contributed by atoms with Gasteiger partial charge in [-0.3, -0.25) is 4.90 Å². The lowest BCUT2D eigenvalue weighted by Gasteiger charge is -2.40. The monoisotopic (exact) mass is 196 g/mol. The smallest absolute Gasteiger partial charge is 0.0411 e. The molecule has 1 fully saturated rings. The molecule has 0 radical (unpaired) electrons. The zero-order valence-corrected chi connectivity index (χ0v) is 10.1. The second-order valence-corrected chi connectivity index (χ2v) is 4.73. The summed E-state index contributed by atoms with van der Waals surface area (Å²) in [4.78, 5) is 4.89. The van der Waals surface area contributed by atoms with Crippen LogP contribution in [0.5, 0.6) is 0 Å². The van der Waals surface area contributed by atoms with Gasteiger partial charge in [0.05, 0.1) is 0 Å². The van der Waals surface area contributed by atoms with Crippen LogP contribution in [0.25, 0.3) is 0 Å². The minimum Gasteiger partial charge on any atom is -0.374 e. The van der Waals surface area contributed by atoms with E-state index in [2.05, 4.69) is 44.2 Å². The maximum atomic E-state index is 4.01. The molecule has 0 aliphatic carbocycles. The fourth-order valence-electron chi connectivity index (χ4n) is 2.08. The third kappa shape index (κ3) is 2.74. The molecule has 0 amide bonds. The van der Waals surface area contributed by atoms with Crippen LogP contribution in [0.2, 0.25) is 0 Å². The number of likely N-dealkylation sites (N-methyl/N-ethyl adjacent to an activating group) is 1. The zero-order chi connectivity index (χ0) is 10.7. The van der Waals surface area contributed by atoms with Crippen LogP contribution in [0.4, 0.5) is 0 Å². The molecule has 1 unspecified atom stereocenters. The SMILES string of the molecule is C=C(C)N(C)C1CCCN(C(C)C)C1. The molecule has 1 saturated heterocycles. The van der Waals surface area contributed by atoms with Crippen LogP contribution in [0, 0.1) is 0 Å². The van der Waals surface area contributed by atoms with Gasteiger partial charge in [-0.2, -0.15) is 0 Å². The third-order valence-corrected chi connectivity index (χ3v) is 3.31. The van der Waals surface area contributed by atoms with Gasteiger partial charge in [0, 0.05) is 31.4 Å². The van der Waals surface area contributed by atoms with E-state index in [1.54, 1.807) is 0 Å². The number of nitrogens with zero attached hydrogens (tertiary/aromatic N) is 2. The molecule has 82 valence electrons. The molecular formula is C12H24N2. The summed E-state index contributed by atoms with van der Waals surface area (Å²) in [6.07, 6.45) is 2.63. The summed E-state index contributed by atoms with van der Waals surface area (Å²) in [6, 6.07) is 1.35. The van der Waals surface area contributed by atoms with E-state index < -0.39 is 0 Å². The molecule has 14 heavy (non-hydrogen) atoms. The maximum absolute atomic E-state index is 4.01. The van der Waals surface area contributed by atoms with Gasteiger partial charge in [0.15, 0.2) is 0 Å². The van der Waals surface area contributed by atoms with Gasteiger partial charge in [-0.1, -0.05) is 6.58 Å². The number of likely N-dealkylation sites (tertiary alicyclic amines) is 1. The first-order chi connectivity index (χ1) is 6.52. The quantitative estimate of drug-likeness (QED) is 0.683. The summed E-state index contributed by atoms with van der Waals surface area (Å²) in [5, 5.41) is 0. The molecule has 1 heterocycles. The lowest BCUT2D eigenvalue weighted by Crippen LogP contribution is -2.48. The fraction of sp³-hybridized carbons (Fsp3) is 0.833. The van der Waals surface area contributed by atoms with E-state index in [1.165, 1.54) is 31.6 Å². The predicted octanol–water partition coefficient (Wildman–Crippen LogP) is 2.32. The summed E-state index contributed by atoms with van der Waals surface area (Å²) in [5.74, 6) is 0. The first-order valence-corrected chi connectivity index (χ1v) is 5.64. The van der Waals surface area contributed by atoms with Crippen molar-refractivity contribution in [1.29, 1.82) is 0 Å². The highest BCUT2D eigenvalue weighted by atomic mass is 15.2. The van der Waals surface area contributed by atoms with Gasteiger partial charge in [0.1, 0.15) is 0 Å². The second-order valence-electron chi connectivity index (χ2n) is 4.73. The molecule has 2 nitrogen and oxygen atoms in total. The highest BCUT2D eigenvalue weighted by molar-refractivity contribution is 4.93. The van der Waals surface area contributed by atoms with Gasteiger partial charge in [-0.05, 0) is 40.2 Å². The van der Waals surface area contributed by atoms with Crippen LogP contribution in [0.15, 0.2) is 12.3 Å². The molecule has 0 aromatic carbocycles. The number of allylic oxidation sites excluding steroid dienone is 1. The Morgan fingerprint density at radius 3 is 2.64 bits per heavy atom. The van der Waals surface area contributed by atoms with Crippen LogP contribution in [0.1, 0.15) is 33.6 Å². The van der Waals surface area contributed by atoms with Gasteiger partial charge in [0.2, 0.25) is 0 Å². The minimum absolute atomic E-state index is 0.670. The molecule has 0 N–H and O–H groups in total. The van der Waals surface area contributed by atoms with Crippen LogP contribution in [0.3, 0.4) is 0 Å². The van der Waals surface area contributed by atoms with Crippen molar-refractivity contribution < 1.29 is 0 Å². The van der Waals surface area contributed by atoms with Gasteiger partial charge < -0.3 is 4.90 Å². The Labute approximate surface area is 88.6 Å². The number of rotatable bonds is 3. The predicted molar refractivity (Wildman–Crippen MR) is 62.3 cm³/mol. The average molecular weight is 196 g/mol. The molecule has 1 rings (SSSR count). The van der Waals surface area contributed by atoms with Crippen LogP contribution >= 0.6 is 0 Å². The summed E-state index contributed by atoms with van der Waals surface area (Å²) in [7, 11) is 2.16. The molecule has 2 heteroatoms. The minimum atomic E-state index is 0.670. The van der Waals surface area contributed by atoms with Crippen molar-refractivity contribution in [3.05, 3.63) is 12.3 Å². The van der Waals surface area contributed by atoms with E-state index in [9.17, 15) is 0 Å². The van der Waals surface area contributed by atoms with Crippen molar-refractivity contribution in [2.75, 3.05) is 20.1 Å². The van der Waals surface area contributed by atoms with Gasteiger partial charge >= 0.3 is 0 Å². The highest BCUT2D eigenvalue weighted by Gasteiger charge is 2.24. The van der Waals surface area contributed by atoms with Crippen molar-refractivity contribution in [2.45, 2.75) is 45.7 Å². The lowest BCUT2D eigenvalue weighted by molar-refractivity contribution is 0.112. The molecular weight excluding hydrogens is 172 g/mol. The van der Waals surface area contributed by atoms with E-state index in [0.717, 1.165) is 0 Å². The van der Waals surface area contributed by atoms with Gasteiger partial charge in [0.25, 0.3) is 0 Å². The summed E-state index contributed by atoms with van der Waals surface area (Å²) in [5.41, 5.74) is 1.18. The Kier molecular flexibility index (Phi) is 3.99. The van der Waals surface area contributed by atoms with E-state index in [4.69, 9.17) is 0 Å². The lowest BCUT2D eigenvalue weighted by atomic mass is 10.0. The number of hydrogen-bond acceptors (Lipinski definition) is 2. The molecule has 1 atom stereocenters. The van der Waals surface area contributed by atoms with Crippen LogP contribution < -0.4 is 0 Å². The Hall–Kier alpha value is -0.500. The van der Waals surface area contributed by atoms with Crippen molar-refractivity contribution in [3.8, 4) is 0 Å². The van der Waals surface area contributed by atoms with Gasteiger partial charge in [-0.15, -0.1) is 0 Å². The molecule has 0 bridgehead atoms. The van der Waals surface area contributed by atoms with Crippen molar-refractivity contribution in [3.63, 3.8) is 0 Å². The molecule has 0 aromatic rings. The summed E-state index contributed by atoms with van der Waals surface area (Å²) in [6.45, 7) is 13.1. The van der Waals surface area contributed by atoms with E-state index in [1.807, 2.05) is 0 Å². The average Bonchev–Trinajstić information content (AvgIpc) is 2.16. The zero-order valence-electron chi connectivity index (χ0n) is 10.1. The second kappa shape index (κ2) is 4.83. The Morgan fingerprint density at radius 2 is 2.14 bits per heavy atom. The van der Waals surface area contributed by atoms with E-state index >= 15 is 0 Å². The first kappa shape index (κ1) is 11.6. The van der Waals surface area contributed by atoms with Crippen LogP contribution in [-0.2, 0) is 0 Å². The van der Waals surface area contributed by atoms with E-state index in [-0.39, 0.29) is 0 Å². The van der Waals surface area contributed by atoms with Crippen molar-refractivity contribution in [1.82, 2.24) is 9.80 Å². The Morgan fingerprint density at radius 1 is 1.50 bits per heavy atom. The standard InChI is InChI=1S/C12H24N2/c1-10(2)13(5)12-7-6-8-14(9-12)11(3)4/h11-12H,1,6-9H2,2-5H3. The molecule has 1 aliphatic heterocycles. The Bertz CT molecular complexity index is 198. The van der Waals surface area contributed by atoms with Crippen molar-refractivity contribution >= 4 is 0 Å². The van der Waals surface area contributed by atoms with Crippen molar-refractivity contribution in [2.24, 2.45) is 0 Å². The molecule has 1 aliphatic rings. The van der Waals surface area contributed by atoms with E-state index in [0.29, 0.717) is 12.1 Å². The van der Waals surface area contributed by atoms with Gasteiger partial charge in [-0.25, -0.2) is 0 Å². The molecule has 0 saturated carbocycles. The fourth-order valence-corrected chi connectivity index (χ4v) is 2.08. The highest BCUT2D eigenvalue weighted by Crippen LogP contribution is 2.18.